The Bertz CT molecular complexity index is 222. The average Bonchev–Trinajstić information content (AvgIpc) is 2.04. The van der Waals surface area contributed by atoms with Crippen molar-refractivity contribution in [2.45, 2.75) is 51.5 Å². The lowest BCUT2D eigenvalue weighted by Gasteiger charge is -2.30. The van der Waals surface area contributed by atoms with Crippen LogP contribution in [0.5, 0.6) is 0 Å². The van der Waals surface area contributed by atoms with Crippen molar-refractivity contribution in [2.24, 2.45) is 10.7 Å². The molecule has 0 radical (unpaired) electrons. The van der Waals surface area contributed by atoms with Gasteiger partial charge in [0, 0.05) is 0 Å². The molecule has 2 nitrogen and oxygen atoms in total. The van der Waals surface area contributed by atoms with Gasteiger partial charge < -0.3 is 5.73 Å². The molecule has 0 spiro atoms. The molecule has 0 atom stereocenters. The summed E-state index contributed by atoms with van der Waals surface area (Å²) in [4.78, 5) is 4.56. The highest BCUT2D eigenvalue weighted by atomic mass is 14.9. The van der Waals surface area contributed by atoms with Crippen molar-refractivity contribution < 1.29 is 0 Å². The molecule has 1 fully saturated rings. The molecule has 0 aromatic heterocycles. The van der Waals surface area contributed by atoms with Gasteiger partial charge in [0.25, 0.3) is 0 Å². The SMILES string of the molecule is C=C(C)C(N)=NC1(C)CCCCC1. The summed E-state index contributed by atoms with van der Waals surface area (Å²) in [5.74, 6) is 0.629. The van der Waals surface area contributed by atoms with Crippen molar-refractivity contribution in [3.63, 3.8) is 0 Å². The van der Waals surface area contributed by atoms with Gasteiger partial charge in [-0.2, -0.15) is 0 Å². The van der Waals surface area contributed by atoms with Crippen LogP contribution in [-0.2, 0) is 0 Å². The highest BCUT2D eigenvalue weighted by molar-refractivity contribution is 5.96. The van der Waals surface area contributed by atoms with Crippen molar-refractivity contribution in [2.75, 3.05) is 0 Å². The van der Waals surface area contributed by atoms with Gasteiger partial charge in [0.1, 0.15) is 5.84 Å². The van der Waals surface area contributed by atoms with Crippen LogP contribution >= 0.6 is 0 Å². The summed E-state index contributed by atoms with van der Waals surface area (Å²) in [6.45, 7) is 7.90. The largest absolute Gasteiger partial charge is 0.384 e. The van der Waals surface area contributed by atoms with Crippen LogP contribution in [0.15, 0.2) is 17.1 Å². The Morgan fingerprint density at radius 1 is 1.31 bits per heavy atom. The van der Waals surface area contributed by atoms with Gasteiger partial charge >= 0.3 is 0 Å². The minimum atomic E-state index is 0.0846. The summed E-state index contributed by atoms with van der Waals surface area (Å²) in [5.41, 5.74) is 6.75. The normalized spacial score (nSPS) is 22.8. The lowest BCUT2D eigenvalue weighted by molar-refractivity contribution is 0.325. The molecule has 1 aliphatic rings. The van der Waals surface area contributed by atoms with Crippen LogP contribution in [0.1, 0.15) is 46.0 Å². The van der Waals surface area contributed by atoms with E-state index in [1.165, 1.54) is 32.1 Å². The maximum absolute atomic E-state index is 5.78. The summed E-state index contributed by atoms with van der Waals surface area (Å²) in [6.07, 6.45) is 6.24. The fourth-order valence-electron chi connectivity index (χ4n) is 1.81. The summed E-state index contributed by atoms with van der Waals surface area (Å²) in [7, 11) is 0. The van der Waals surface area contributed by atoms with E-state index in [0.29, 0.717) is 5.84 Å². The lowest BCUT2D eigenvalue weighted by Crippen LogP contribution is -2.29. The molecule has 0 aromatic rings. The Hall–Kier alpha value is -0.790. The predicted molar refractivity (Wildman–Crippen MR) is 57.9 cm³/mol. The molecule has 1 aliphatic carbocycles. The molecule has 1 saturated carbocycles. The van der Waals surface area contributed by atoms with E-state index in [2.05, 4.69) is 18.5 Å². The lowest BCUT2D eigenvalue weighted by atomic mass is 9.84. The van der Waals surface area contributed by atoms with Gasteiger partial charge in [0.05, 0.1) is 5.54 Å². The van der Waals surface area contributed by atoms with Gasteiger partial charge in [-0.05, 0) is 32.3 Å². The van der Waals surface area contributed by atoms with E-state index in [0.717, 1.165) is 5.57 Å². The topological polar surface area (TPSA) is 38.4 Å². The molecule has 0 heterocycles. The molecule has 13 heavy (non-hydrogen) atoms. The second-order valence-corrected chi connectivity index (χ2v) is 4.33. The van der Waals surface area contributed by atoms with Gasteiger partial charge in [-0.3, -0.25) is 4.99 Å². The van der Waals surface area contributed by atoms with Crippen molar-refractivity contribution >= 4 is 5.84 Å². The number of hydrogen-bond acceptors (Lipinski definition) is 1. The van der Waals surface area contributed by atoms with Crippen LogP contribution in [0.2, 0.25) is 0 Å². The first-order chi connectivity index (χ1) is 6.03. The Balaban J connectivity index is 2.68. The maximum atomic E-state index is 5.78. The second-order valence-electron chi connectivity index (χ2n) is 4.33. The van der Waals surface area contributed by atoms with Crippen molar-refractivity contribution in [1.29, 1.82) is 0 Å². The summed E-state index contributed by atoms with van der Waals surface area (Å²) < 4.78 is 0. The van der Waals surface area contributed by atoms with Gasteiger partial charge in [-0.25, -0.2) is 0 Å². The van der Waals surface area contributed by atoms with Crippen molar-refractivity contribution in [3.05, 3.63) is 12.2 Å². The molecular weight excluding hydrogens is 160 g/mol. The average molecular weight is 180 g/mol. The number of nitrogens with two attached hydrogens (primary N) is 1. The minimum absolute atomic E-state index is 0.0846. The molecule has 2 N–H and O–H groups in total. The van der Waals surface area contributed by atoms with Crippen LogP contribution in [0.25, 0.3) is 0 Å². The molecule has 0 aliphatic heterocycles. The summed E-state index contributed by atoms with van der Waals surface area (Å²) in [5, 5.41) is 0. The predicted octanol–water partition coefficient (Wildman–Crippen LogP) is 2.64. The molecule has 2 heteroatoms. The van der Waals surface area contributed by atoms with E-state index < -0.39 is 0 Å². The second kappa shape index (κ2) is 3.95. The van der Waals surface area contributed by atoms with E-state index in [9.17, 15) is 0 Å². The monoisotopic (exact) mass is 180 g/mol. The molecule has 74 valence electrons. The van der Waals surface area contributed by atoms with Gasteiger partial charge in [0.15, 0.2) is 0 Å². The highest BCUT2D eigenvalue weighted by Crippen LogP contribution is 2.31. The maximum Gasteiger partial charge on any atom is 0.121 e. The summed E-state index contributed by atoms with van der Waals surface area (Å²) in [6, 6.07) is 0. The third kappa shape index (κ3) is 2.87. The number of aliphatic imine (C=N–C) groups is 1. The van der Waals surface area contributed by atoms with Crippen LogP contribution in [0.3, 0.4) is 0 Å². The Kier molecular flexibility index (Phi) is 3.12. The Morgan fingerprint density at radius 3 is 2.31 bits per heavy atom. The van der Waals surface area contributed by atoms with E-state index >= 15 is 0 Å². The molecule has 0 unspecified atom stereocenters. The fraction of sp³-hybridized carbons (Fsp3) is 0.727. The fourth-order valence-corrected chi connectivity index (χ4v) is 1.81. The first kappa shape index (κ1) is 10.3. The zero-order valence-corrected chi connectivity index (χ0v) is 8.77. The molecule has 0 bridgehead atoms. The molecule has 0 saturated heterocycles. The van der Waals surface area contributed by atoms with Crippen LogP contribution in [0.4, 0.5) is 0 Å². The zero-order valence-electron chi connectivity index (χ0n) is 8.77. The van der Waals surface area contributed by atoms with Crippen LogP contribution in [-0.4, -0.2) is 11.4 Å². The van der Waals surface area contributed by atoms with Crippen molar-refractivity contribution in [3.8, 4) is 0 Å². The standard InChI is InChI=1S/C11H20N2/c1-9(2)10(12)13-11(3)7-5-4-6-8-11/h1,4-8H2,2-3H3,(H2,12,13). The smallest absolute Gasteiger partial charge is 0.121 e. The molecule has 0 amide bonds. The van der Waals surface area contributed by atoms with Crippen LogP contribution < -0.4 is 5.73 Å². The van der Waals surface area contributed by atoms with Gasteiger partial charge in [0.2, 0.25) is 0 Å². The number of amidine groups is 1. The van der Waals surface area contributed by atoms with Gasteiger partial charge in [-0.15, -0.1) is 0 Å². The molecular formula is C11H20N2. The number of rotatable bonds is 2. The Labute approximate surface area is 80.9 Å². The minimum Gasteiger partial charge on any atom is -0.384 e. The number of nitrogens with zero attached hydrogens (tertiary/aromatic N) is 1. The van der Waals surface area contributed by atoms with Crippen molar-refractivity contribution in [1.82, 2.24) is 0 Å². The number of hydrogen-bond donors (Lipinski definition) is 1. The quantitative estimate of drug-likeness (QED) is 0.515. The first-order valence-electron chi connectivity index (χ1n) is 5.05. The van der Waals surface area contributed by atoms with E-state index in [-0.39, 0.29) is 5.54 Å². The van der Waals surface area contributed by atoms with E-state index in [4.69, 9.17) is 5.73 Å². The Morgan fingerprint density at radius 2 is 1.85 bits per heavy atom. The molecule has 0 aromatic carbocycles. The van der Waals surface area contributed by atoms with Crippen LogP contribution in [0, 0.1) is 0 Å². The molecule has 1 rings (SSSR count). The third-order valence-electron chi connectivity index (χ3n) is 2.76. The van der Waals surface area contributed by atoms with E-state index in [1.54, 1.807) is 0 Å². The van der Waals surface area contributed by atoms with Gasteiger partial charge in [-0.1, -0.05) is 25.8 Å². The highest BCUT2D eigenvalue weighted by Gasteiger charge is 2.25. The zero-order chi connectivity index (χ0) is 9.90. The summed E-state index contributed by atoms with van der Waals surface area (Å²) >= 11 is 0. The van der Waals surface area contributed by atoms with E-state index in [1.807, 2.05) is 6.92 Å². The third-order valence-corrected chi connectivity index (χ3v) is 2.76. The first-order valence-corrected chi connectivity index (χ1v) is 5.05.